The molecule has 5 atom stereocenters. The van der Waals surface area contributed by atoms with Gasteiger partial charge >= 0.3 is 25.7 Å². The van der Waals surface area contributed by atoms with Gasteiger partial charge in [-0.25, -0.2) is 4.57 Å². The molecule has 4 N–H and O–H groups in total. The van der Waals surface area contributed by atoms with E-state index in [1.807, 2.05) is 0 Å². The van der Waals surface area contributed by atoms with Crippen molar-refractivity contribution in [2.75, 3.05) is 19.8 Å². The lowest BCUT2D eigenvalue weighted by atomic mass is 10.0. The fraction of sp³-hybridized carbons (Fsp3) is 0.820. The Morgan fingerprint density at radius 3 is 1.59 bits per heavy atom. The first kappa shape index (κ1) is 58.7. The van der Waals surface area contributed by atoms with E-state index < -0.39 is 51.1 Å². The fourth-order valence-electron chi connectivity index (χ4n) is 7.27. The molecule has 1 rings (SSSR count). The van der Waals surface area contributed by atoms with Gasteiger partial charge in [-0.2, -0.15) is 0 Å². The molecule has 1 saturated heterocycles. The summed E-state index contributed by atoms with van der Waals surface area (Å²) in [6.45, 7) is 2.73. The third kappa shape index (κ3) is 38.6. The van der Waals surface area contributed by atoms with E-state index in [1.54, 1.807) is 0 Å². The van der Waals surface area contributed by atoms with Crippen LogP contribution in [0.3, 0.4) is 0 Å². The number of esters is 2. The van der Waals surface area contributed by atoms with E-state index in [0.717, 1.165) is 44.9 Å². The van der Waals surface area contributed by atoms with Crippen LogP contribution in [0.5, 0.6) is 0 Å². The van der Waals surface area contributed by atoms with Crippen molar-refractivity contribution in [3.05, 3.63) is 36.5 Å². The highest BCUT2D eigenvalue weighted by Gasteiger charge is 2.36. The highest BCUT2D eigenvalue weighted by molar-refractivity contribution is 7.47. The Labute approximate surface area is 382 Å². The van der Waals surface area contributed by atoms with Crippen LogP contribution in [0.4, 0.5) is 0 Å². The molecule has 0 radical (unpaired) electrons. The zero-order valence-electron chi connectivity index (χ0n) is 39.6. The van der Waals surface area contributed by atoms with Gasteiger partial charge in [0.2, 0.25) is 0 Å². The number of hydrogen-bond acceptors (Lipinski definition) is 10. The van der Waals surface area contributed by atoms with E-state index in [-0.39, 0.29) is 31.7 Å². The number of aliphatic carboxylic acids is 1. The minimum Gasteiger partial charge on any atom is -0.480 e. The molecule has 12 nitrogen and oxygen atoms in total. The zero-order chi connectivity index (χ0) is 46.1. The van der Waals surface area contributed by atoms with Crippen molar-refractivity contribution in [1.82, 2.24) is 0 Å². The lowest BCUT2D eigenvalue weighted by Gasteiger charge is -2.20. The Kier molecular flexibility index (Phi) is 38.3. The summed E-state index contributed by atoms with van der Waals surface area (Å²) in [5.74, 6) is -2.45. The molecule has 366 valence electrons. The van der Waals surface area contributed by atoms with E-state index in [9.17, 15) is 23.8 Å². The molecule has 0 aromatic carbocycles. The van der Waals surface area contributed by atoms with Gasteiger partial charge in [0.15, 0.2) is 6.10 Å². The number of carbonyl (C=O) groups excluding carboxylic acids is 2. The molecule has 0 saturated carbocycles. The van der Waals surface area contributed by atoms with E-state index in [1.165, 1.54) is 128 Å². The number of nitrogens with two attached hydrogens (primary N) is 1. The van der Waals surface area contributed by atoms with Crippen molar-refractivity contribution in [3.8, 4) is 0 Å². The lowest BCUT2D eigenvalue weighted by Crippen LogP contribution is -2.34. The number of carbonyl (C=O) groups is 3. The average molecular weight is 912 g/mol. The third-order valence-corrected chi connectivity index (χ3v) is 12.3. The summed E-state index contributed by atoms with van der Waals surface area (Å²) in [7, 11) is -4.74. The first-order valence-corrected chi connectivity index (χ1v) is 26.6. The molecule has 1 fully saturated rings. The molecule has 13 heteroatoms. The van der Waals surface area contributed by atoms with Gasteiger partial charge < -0.3 is 29.9 Å². The average Bonchev–Trinajstić information content (AvgIpc) is 4.02. The maximum absolute atomic E-state index is 12.7. The van der Waals surface area contributed by atoms with Crippen molar-refractivity contribution >= 4 is 25.7 Å². The largest absolute Gasteiger partial charge is 0.480 e. The topological polar surface area (TPSA) is 184 Å². The second kappa shape index (κ2) is 41.1. The second-order valence-corrected chi connectivity index (χ2v) is 18.8. The third-order valence-electron chi connectivity index (χ3n) is 11.3. The van der Waals surface area contributed by atoms with Crippen LogP contribution < -0.4 is 5.73 Å². The fourth-order valence-corrected chi connectivity index (χ4v) is 8.05. The van der Waals surface area contributed by atoms with Crippen molar-refractivity contribution in [3.63, 3.8) is 0 Å². The zero-order valence-corrected chi connectivity index (χ0v) is 40.5. The standard InChI is InChI=1S/C50H90NO11P/c1-3-5-7-9-11-13-15-17-18-19-20-21-22-23-24-25-27-29-31-33-35-39-49(53)61-44(42-59-63(56,57)60-43-45(51)50(54)55)41-58-48(52)40-36-38-47-46(62-47)37-34-32-30-28-26-16-14-12-10-8-6-4-2/h12,14,26,28,32,34,44-47H,3-11,13,15-25,27,29-31,33,35-43,51H2,1-2H3,(H,54,55)(H,56,57)/b14-12-,28-26-,34-32-/t44-,45+,46?,47?/m1/s1. The number of ether oxygens (including phenoxy) is 3. The highest BCUT2D eigenvalue weighted by Crippen LogP contribution is 2.43. The van der Waals surface area contributed by atoms with Gasteiger partial charge in [-0.15, -0.1) is 0 Å². The van der Waals surface area contributed by atoms with Crippen molar-refractivity contribution in [2.45, 2.75) is 244 Å². The molecule has 3 unspecified atom stereocenters. The molecule has 63 heavy (non-hydrogen) atoms. The Bertz CT molecular complexity index is 1270. The predicted molar refractivity (Wildman–Crippen MR) is 253 cm³/mol. The quantitative estimate of drug-likeness (QED) is 0.0173. The number of carboxylic acids is 1. The first-order valence-electron chi connectivity index (χ1n) is 25.1. The summed E-state index contributed by atoms with van der Waals surface area (Å²) in [6.07, 6.45) is 48.0. The van der Waals surface area contributed by atoms with Crippen LogP contribution in [-0.2, 0) is 42.2 Å². The van der Waals surface area contributed by atoms with Gasteiger partial charge in [-0.1, -0.05) is 192 Å². The molecular weight excluding hydrogens is 822 g/mol. The lowest BCUT2D eigenvalue weighted by molar-refractivity contribution is -0.161. The smallest absolute Gasteiger partial charge is 0.472 e. The van der Waals surface area contributed by atoms with Crippen LogP contribution >= 0.6 is 7.82 Å². The number of phosphoric ester groups is 1. The van der Waals surface area contributed by atoms with Crippen molar-refractivity contribution < 1.29 is 52.2 Å². The van der Waals surface area contributed by atoms with Gasteiger partial charge in [0.1, 0.15) is 12.6 Å². The molecule has 0 spiro atoms. The van der Waals surface area contributed by atoms with E-state index >= 15 is 0 Å². The first-order chi connectivity index (χ1) is 30.6. The van der Waals surface area contributed by atoms with Gasteiger partial charge in [0, 0.05) is 12.8 Å². The monoisotopic (exact) mass is 912 g/mol. The Balaban J connectivity index is 2.25. The van der Waals surface area contributed by atoms with E-state index in [4.69, 9.17) is 29.6 Å². The second-order valence-electron chi connectivity index (χ2n) is 17.3. The minimum atomic E-state index is -4.74. The molecule has 1 aliphatic rings. The molecule has 1 aliphatic heterocycles. The number of hydrogen-bond donors (Lipinski definition) is 3. The summed E-state index contributed by atoms with van der Waals surface area (Å²) >= 11 is 0. The number of carboxylic acid groups (broad SMARTS) is 1. The van der Waals surface area contributed by atoms with Gasteiger partial charge in [-0.3, -0.25) is 23.4 Å². The Morgan fingerprint density at radius 2 is 1.05 bits per heavy atom. The highest BCUT2D eigenvalue weighted by atomic mass is 31.2. The van der Waals surface area contributed by atoms with Gasteiger partial charge in [0.05, 0.1) is 25.4 Å². The number of allylic oxidation sites excluding steroid dienone is 5. The van der Waals surface area contributed by atoms with Crippen molar-refractivity contribution in [2.24, 2.45) is 5.73 Å². The SMILES string of the molecule is CCCCC/C=C\C/C=C\C/C=C\CC1OC1CCCC(=O)OC[C@H](COP(=O)(O)OC[C@H](N)C(=O)O)OC(=O)CCCCCCCCCCCCCCCCCCCCCCC. The van der Waals surface area contributed by atoms with Gasteiger partial charge in [0.25, 0.3) is 0 Å². The van der Waals surface area contributed by atoms with Crippen LogP contribution in [0.25, 0.3) is 0 Å². The molecule has 0 aromatic heterocycles. The summed E-state index contributed by atoms with van der Waals surface area (Å²) in [4.78, 5) is 46.3. The maximum atomic E-state index is 12.7. The van der Waals surface area contributed by atoms with Crippen LogP contribution in [-0.4, -0.2) is 72.1 Å². The summed E-state index contributed by atoms with van der Waals surface area (Å²) in [5, 5.41) is 8.92. The molecule has 0 bridgehead atoms. The van der Waals surface area contributed by atoms with E-state index in [2.05, 4.69) is 54.8 Å². The number of unbranched alkanes of at least 4 members (excludes halogenated alkanes) is 23. The number of phosphoric acid groups is 1. The van der Waals surface area contributed by atoms with Crippen molar-refractivity contribution in [1.29, 1.82) is 0 Å². The van der Waals surface area contributed by atoms with Crippen LogP contribution in [0, 0.1) is 0 Å². The molecule has 0 aromatic rings. The number of rotatable bonds is 46. The summed E-state index contributed by atoms with van der Waals surface area (Å²) in [6, 6.07) is -1.53. The molecule has 1 heterocycles. The van der Waals surface area contributed by atoms with Crippen LogP contribution in [0.15, 0.2) is 36.5 Å². The van der Waals surface area contributed by atoms with Gasteiger partial charge in [-0.05, 0) is 51.4 Å². The van der Waals surface area contributed by atoms with Crippen LogP contribution in [0.2, 0.25) is 0 Å². The summed E-state index contributed by atoms with van der Waals surface area (Å²) < 4.78 is 38.6. The Hall–Kier alpha value is -2.34. The van der Waals surface area contributed by atoms with Crippen LogP contribution in [0.1, 0.15) is 219 Å². The van der Waals surface area contributed by atoms with E-state index in [0.29, 0.717) is 19.3 Å². The predicted octanol–water partition coefficient (Wildman–Crippen LogP) is 12.9. The number of epoxide rings is 1. The normalized spacial score (nSPS) is 17.1. The minimum absolute atomic E-state index is 0.102. The summed E-state index contributed by atoms with van der Waals surface area (Å²) in [5.41, 5.74) is 5.35. The Morgan fingerprint density at radius 1 is 0.587 bits per heavy atom. The molecule has 0 aliphatic carbocycles. The molecule has 0 amide bonds. The molecular formula is C50H90NO11P. The maximum Gasteiger partial charge on any atom is 0.472 e.